The summed E-state index contributed by atoms with van der Waals surface area (Å²) in [6, 6.07) is 9.11. The smallest absolute Gasteiger partial charge is 0.378 e. The van der Waals surface area contributed by atoms with Crippen LogP contribution in [0.1, 0.15) is 24.3 Å². The molecule has 0 aliphatic carbocycles. The molecule has 187 valence electrons. The third-order valence-electron chi connectivity index (χ3n) is 3.83. The van der Waals surface area contributed by atoms with Crippen LogP contribution >= 0.6 is 67.4 Å². The van der Waals surface area contributed by atoms with Crippen LogP contribution in [0.4, 0.5) is 0 Å². The van der Waals surface area contributed by atoms with E-state index in [9.17, 15) is 23.5 Å². The van der Waals surface area contributed by atoms with Gasteiger partial charge in [-0.2, -0.15) is 31.0 Å². The molecule has 0 amide bonds. The van der Waals surface area contributed by atoms with E-state index in [1.54, 1.807) is 15.9 Å². The second-order valence-corrected chi connectivity index (χ2v) is 14.2. The SMILES string of the molecule is CCSSC(OC1CC([B]I)OC1COP(=O)(O)OP(=O)(O)OP(=O)(O)O)c1ccccc1. The number of halogens is 1. The lowest BCUT2D eigenvalue weighted by atomic mass is 9.96. The minimum atomic E-state index is -5.59. The fourth-order valence-electron chi connectivity index (χ4n) is 2.65. The topological polar surface area (TPSA) is 178 Å². The summed E-state index contributed by atoms with van der Waals surface area (Å²) in [6.45, 7) is 1.44. The highest BCUT2D eigenvalue weighted by atomic mass is 127. The molecule has 1 aliphatic rings. The van der Waals surface area contributed by atoms with E-state index in [-0.39, 0.29) is 11.4 Å². The van der Waals surface area contributed by atoms with Crippen molar-refractivity contribution in [2.45, 2.75) is 37.0 Å². The lowest BCUT2D eigenvalue weighted by Gasteiger charge is -2.25. The molecule has 19 heteroatoms. The van der Waals surface area contributed by atoms with Crippen molar-refractivity contribution < 1.29 is 55.9 Å². The van der Waals surface area contributed by atoms with Crippen molar-refractivity contribution in [2.24, 2.45) is 0 Å². The van der Waals surface area contributed by atoms with E-state index in [0.717, 1.165) is 11.3 Å². The molecular formula is C14H22BIO12P3S2. The highest BCUT2D eigenvalue weighted by Crippen LogP contribution is 2.66. The second kappa shape index (κ2) is 13.5. The van der Waals surface area contributed by atoms with Gasteiger partial charge < -0.3 is 29.0 Å². The van der Waals surface area contributed by atoms with Gasteiger partial charge in [0.2, 0.25) is 5.14 Å². The summed E-state index contributed by atoms with van der Waals surface area (Å²) in [4.78, 5) is 36.2. The van der Waals surface area contributed by atoms with Crippen molar-refractivity contribution >= 4 is 72.6 Å². The second-order valence-electron chi connectivity index (χ2n) is 6.38. The maximum atomic E-state index is 12.0. The summed E-state index contributed by atoms with van der Waals surface area (Å²) < 4.78 is 58.5. The molecule has 6 atom stereocenters. The van der Waals surface area contributed by atoms with Crippen LogP contribution in [0.3, 0.4) is 0 Å². The minimum Gasteiger partial charge on any atom is -0.378 e. The van der Waals surface area contributed by atoms with Gasteiger partial charge in [-0.1, -0.05) is 58.8 Å². The molecule has 4 N–H and O–H groups in total. The zero-order valence-corrected chi connectivity index (χ0v) is 23.5. The first-order valence-electron chi connectivity index (χ1n) is 9.20. The van der Waals surface area contributed by atoms with Crippen LogP contribution in [0, 0.1) is 0 Å². The fourth-order valence-corrected chi connectivity index (χ4v) is 8.10. The summed E-state index contributed by atoms with van der Waals surface area (Å²) >= 11 is 2.01. The Balaban J connectivity index is 2.06. The van der Waals surface area contributed by atoms with Crippen LogP contribution in [0.2, 0.25) is 0 Å². The molecule has 0 aromatic heterocycles. The first kappa shape index (κ1) is 30.3. The molecule has 0 bridgehead atoms. The van der Waals surface area contributed by atoms with E-state index in [0.29, 0.717) is 6.42 Å². The standard InChI is InChI=1S/C14H22BIO12P3S2/c1-2-32-33-14(10-6-4-3-5-7-10)26-11-8-13(15-16)25-12(11)9-24-30(20,21)28-31(22,23)27-29(17,18)19/h3-7,11-14H,2,8-9H2,1H3,(H,20,21)(H,22,23)(H2,17,18,19). The molecule has 1 aromatic rings. The number of benzene rings is 1. The predicted octanol–water partition coefficient (Wildman–Crippen LogP) is 3.98. The first-order valence-corrected chi connectivity index (χ1v) is 17.3. The van der Waals surface area contributed by atoms with Gasteiger partial charge >= 0.3 is 23.5 Å². The molecule has 1 heterocycles. The largest absolute Gasteiger partial charge is 0.490 e. The Hall–Kier alpha value is 1.04. The van der Waals surface area contributed by atoms with Gasteiger partial charge in [0, 0.05) is 11.8 Å². The van der Waals surface area contributed by atoms with E-state index in [1.165, 1.54) is 10.8 Å². The summed E-state index contributed by atoms with van der Waals surface area (Å²) in [5, 5.41) is 1.75. The lowest BCUT2D eigenvalue weighted by molar-refractivity contribution is -0.0447. The highest BCUT2D eigenvalue weighted by molar-refractivity contribution is 14.1. The summed E-state index contributed by atoms with van der Waals surface area (Å²) in [5.41, 5.74) is 0.545. The van der Waals surface area contributed by atoms with Gasteiger partial charge in [0.25, 0.3) is 0 Å². The zero-order chi connectivity index (χ0) is 24.7. The number of phosphoric acid groups is 3. The molecule has 12 nitrogen and oxygen atoms in total. The highest BCUT2D eigenvalue weighted by Gasteiger charge is 2.43. The summed E-state index contributed by atoms with van der Waals surface area (Å²) in [5.74, 6) is 0.845. The molecule has 6 unspecified atom stereocenters. The summed E-state index contributed by atoms with van der Waals surface area (Å²) in [7, 11) is -13.2. The molecule has 1 saturated heterocycles. The van der Waals surface area contributed by atoms with E-state index < -0.39 is 42.3 Å². The van der Waals surface area contributed by atoms with Crippen molar-refractivity contribution in [3.63, 3.8) is 0 Å². The Morgan fingerprint density at radius 2 is 1.82 bits per heavy atom. The number of phosphoric ester groups is 1. The number of ether oxygens (including phenoxy) is 2. The third kappa shape index (κ3) is 11.3. The maximum Gasteiger partial charge on any atom is 0.490 e. The van der Waals surface area contributed by atoms with Gasteiger partial charge in [-0.25, -0.2) is 13.7 Å². The normalized spacial score (nSPS) is 25.8. The average molecular weight is 677 g/mol. The summed E-state index contributed by atoms with van der Waals surface area (Å²) in [6.07, 6.45) is -0.985. The van der Waals surface area contributed by atoms with Crippen LogP contribution in [0.15, 0.2) is 30.3 Å². The van der Waals surface area contributed by atoms with E-state index in [4.69, 9.17) is 23.8 Å². The Bertz CT molecular complexity index is 895. The van der Waals surface area contributed by atoms with E-state index in [2.05, 4.69) is 8.62 Å². The van der Waals surface area contributed by atoms with Crippen LogP contribution in [0.25, 0.3) is 0 Å². The Kier molecular flexibility index (Phi) is 12.4. The van der Waals surface area contributed by atoms with Crippen molar-refractivity contribution in [1.29, 1.82) is 0 Å². The molecular weight excluding hydrogens is 655 g/mol. The zero-order valence-electron chi connectivity index (χ0n) is 17.0. The van der Waals surface area contributed by atoms with Crippen molar-refractivity contribution in [3.8, 4) is 0 Å². The Labute approximate surface area is 212 Å². The molecule has 0 saturated carbocycles. The third-order valence-corrected chi connectivity index (χ3v) is 11.0. The van der Waals surface area contributed by atoms with Gasteiger partial charge in [0.05, 0.1) is 12.7 Å². The minimum absolute atomic E-state index is 0.342. The predicted molar refractivity (Wildman–Crippen MR) is 133 cm³/mol. The molecule has 1 fully saturated rings. The number of hydrogen-bond donors (Lipinski definition) is 4. The Morgan fingerprint density at radius 1 is 1.15 bits per heavy atom. The monoisotopic (exact) mass is 677 g/mol. The average Bonchev–Trinajstić information content (AvgIpc) is 3.09. The molecule has 33 heavy (non-hydrogen) atoms. The van der Waals surface area contributed by atoms with Crippen LogP contribution in [0.5, 0.6) is 0 Å². The molecule has 0 spiro atoms. The van der Waals surface area contributed by atoms with Gasteiger partial charge in [-0.15, -0.1) is 0 Å². The van der Waals surface area contributed by atoms with Gasteiger partial charge in [0.1, 0.15) is 11.5 Å². The van der Waals surface area contributed by atoms with Crippen LogP contribution in [-0.2, 0) is 36.3 Å². The van der Waals surface area contributed by atoms with E-state index in [1.807, 2.05) is 59.6 Å². The molecule has 1 aliphatic heterocycles. The van der Waals surface area contributed by atoms with Crippen LogP contribution in [-0.4, -0.2) is 55.3 Å². The van der Waals surface area contributed by atoms with Crippen LogP contribution < -0.4 is 0 Å². The quantitative estimate of drug-likeness (QED) is 0.0731. The number of rotatable bonds is 14. The van der Waals surface area contributed by atoms with Crippen molar-refractivity contribution in [3.05, 3.63) is 35.9 Å². The molecule has 1 aromatic carbocycles. The molecule has 2 rings (SSSR count). The van der Waals surface area contributed by atoms with Gasteiger partial charge in [-0.05, 0) is 12.0 Å². The van der Waals surface area contributed by atoms with E-state index >= 15 is 0 Å². The lowest BCUT2D eigenvalue weighted by Crippen LogP contribution is -2.29. The maximum absolute atomic E-state index is 12.0. The van der Waals surface area contributed by atoms with Gasteiger partial charge in [-0.3, -0.25) is 4.52 Å². The first-order chi connectivity index (χ1) is 15.3. The Morgan fingerprint density at radius 3 is 2.39 bits per heavy atom. The van der Waals surface area contributed by atoms with Gasteiger partial charge in [0.15, 0.2) is 0 Å². The van der Waals surface area contributed by atoms with Crippen molar-refractivity contribution in [2.75, 3.05) is 12.4 Å². The number of hydrogen-bond acceptors (Lipinski definition) is 10. The van der Waals surface area contributed by atoms with Crippen molar-refractivity contribution in [1.82, 2.24) is 0 Å². The fraction of sp³-hybridized carbons (Fsp3) is 0.571. The molecule has 1 radical (unpaired) electrons.